The third kappa shape index (κ3) is 2.81. The standard InChI is InChI=1S/C15H13Br2FN2S/c16-9-15(10-17,12-3-1-2-4-13(12)18)7-11-8-20-5-6-21-14(20)19-11/h1-6,8H,7,9-10H2. The fourth-order valence-corrected chi connectivity index (χ4v) is 5.12. The summed E-state index contributed by atoms with van der Waals surface area (Å²) in [7, 11) is 0. The van der Waals surface area contributed by atoms with Crippen molar-refractivity contribution in [1.82, 2.24) is 9.38 Å². The van der Waals surface area contributed by atoms with E-state index in [9.17, 15) is 4.39 Å². The van der Waals surface area contributed by atoms with Gasteiger partial charge in [0.1, 0.15) is 5.82 Å². The molecule has 0 fully saturated rings. The summed E-state index contributed by atoms with van der Waals surface area (Å²) in [4.78, 5) is 5.60. The molecule has 0 spiro atoms. The van der Waals surface area contributed by atoms with Gasteiger partial charge in [0.05, 0.1) is 5.69 Å². The minimum absolute atomic E-state index is 0.169. The number of alkyl halides is 2. The fourth-order valence-electron chi connectivity index (χ4n) is 2.47. The van der Waals surface area contributed by atoms with E-state index in [-0.39, 0.29) is 11.2 Å². The number of nitrogens with zero attached hydrogens (tertiary/aromatic N) is 2. The van der Waals surface area contributed by atoms with Crippen LogP contribution in [0.25, 0.3) is 4.96 Å². The van der Waals surface area contributed by atoms with E-state index in [1.54, 1.807) is 17.4 Å². The third-order valence-corrected chi connectivity index (χ3v) is 6.54. The second kappa shape index (κ2) is 6.18. The molecule has 0 aliphatic rings. The number of imidazole rings is 1. The van der Waals surface area contributed by atoms with Crippen molar-refractivity contribution < 1.29 is 4.39 Å². The van der Waals surface area contributed by atoms with Crippen molar-refractivity contribution in [2.24, 2.45) is 0 Å². The topological polar surface area (TPSA) is 17.3 Å². The predicted octanol–water partition coefficient (Wildman–Crippen LogP) is 4.81. The molecule has 0 aliphatic carbocycles. The summed E-state index contributed by atoms with van der Waals surface area (Å²) in [5.74, 6) is -0.169. The Hall–Kier alpha value is -0.720. The average molecular weight is 432 g/mol. The molecule has 0 saturated heterocycles. The van der Waals surface area contributed by atoms with Gasteiger partial charge in [-0.15, -0.1) is 11.3 Å². The zero-order chi connectivity index (χ0) is 14.9. The van der Waals surface area contributed by atoms with Crippen LogP contribution in [0.15, 0.2) is 42.0 Å². The highest BCUT2D eigenvalue weighted by Gasteiger charge is 2.33. The average Bonchev–Trinajstić information content (AvgIpc) is 3.07. The number of rotatable bonds is 5. The van der Waals surface area contributed by atoms with Crippen LogP contribution in [0.1, 0.15) is 11.3 Å². The van der Waals surface area contributed by atoms with E-state index in [0.29, 0.717) is 17.1 Å². The molecular weight excluding hydrogens is 419 g/mol. The van der Waals surface area contributed by atoms with Crippen molar-refractivity contribution >= 4 is 48.2 Å². The highest BCUT2D eigenvalue weighted by atomic mass is 79.9. The number of hydrogen-bond acceptors (Lipinski definition) is 2. The lowest BCUT2D eigenvalue weighted by atomic mass is 9.80. The van der Waals surface area contributed by atoms with Gasteiger partial charge in [-0.25, -0.2) is 9.37 Å². The van der Waals surface area contributed by atoms with Gasteiger partial charge in [-0.05, 0) is 11.6 Å². The summed E-state index contributed by atoms with van der Waals surface area (Å²) in [6.07, 6.45) is 4.69. The van der Waals surface area contributed by atoms with Crippen LogP contribution < -0.4 is 0 Å². The number of aromatic nitrogens is 2. The Kier molecular flexibility index (Phi) is 4.47. The van der Waals surface area contributed by atoms with Crippen LogP contribution in [0.5, 0.6) is 0 Å². The molecular formula is C15H13Br2FN2S. The number of hydrogen-bond donors (Lipinski definition) is 0. The Morgan fingerprint density at radius 3 is 2.67 bits per heavy atom. The second-order valence-electron chi connectivity index (χ2n) is 5.03. The molecule has 0 saturated carbocycles. The van der Waals surface area contributed by atoms with Crippen LogP contribution in [0.3, 0.4) is 0 Å². The van der Waals surface area contributed by atoms with Gasteiger partial charge in [0.15, 0.2) is 4.96 Å². The van der Waals surface area contributed by atoms with Gasteiger partial charge in [0.2, 0.25) is 0 Å². The van der Waals surface area contributed by atoms with Crippen molar-refractivity contribution in [3.8, 4) is 0 Å². The maximum Gasteiger partial charge on any atom is 0.193 e. The molecule has 0 bridgehead atoms. The van der Waals surface area contributed by atoms with Crippen molar-refractivity contribution in [3.05, 3.63) is 59.1 Å². The van der Waals surface area contributed by atoms with Crippen molar-refractivity contribution in [2.45, 2.75) is 11.8 Å². The second-order valence-corrected chi connectivity index (χ2v) is 7.02. The van der Waals surface area contributed by atoms with E-state index in [4.69, 9.17) is 0 Å². The molecule has 2 aromatic heterocycles. The smallest absolute Gasteiger partial charge is 0.193 e. The first kappa shape index (κ1) is 15.2. The molecule has 110 valence electrons. The zero-order valence-corrected chi connectivity index (χ0v) is 15.1. The first-order valence-electron chi connectivity index (χ1n) is 6.46. The van der Waals surface area contributed by atoms with Crippen LogP contribution in [0, 0.1) is 5.82 Å². The summed E-state index contributed by atoms with van der Waals surface area (Å²) in [5, 5.41) is 3.33. The fraction of sp³-hybridized carbons (Fsp3) is 0.267. The molecule has 0 aliphatic heterocycles. The Bertz CT molecular complexity index is 720. The monoisotopic (exact) mass is 430 g/mol. The number of halogens is 3. The lowest BCUT2D eigenvalue weighted by Crippen LogP contribution is -2.34. The van der Waals surface area contributed by atoms with E-state index >= 15 is 0 Å². The third-order valence-electron chi connectivity index (χ3n) is 3.62. The summed E-state index contributed by atoms with van der Waals surface area (Å²) < 4.78 is 16.2. The molecule has 0 amide bonds. The predicted molar refractivity (Wildman–Crippen MR) is 92.4 cm³/mol. The molecule has 6 heteroatoms. The van der Waals surface area contributed by atoms with Crippen molar-refractivity contribution in [1.29, 1.82) is 0 Å². The van der Waals surface area contributed by atoms with Gasteiger partial charge in [-0.1, -0.05) is 50.1 Å². The first-order valence-corrected chi connectivity index (χ1v) is 9.59. The van der Waals surface area contributed by atoms with E-state index in [1.807, 2.05) is 34.3 Å². The highest BCUT2D eigenvalue weighted by molar-refractivity contribution is 9.09. The Morgan fingerprint density at radius 2 is 2.00 bits per heavy atom. The van der Waals surface area contributed by atoms with E-state index in [0.717, 1.165) is 16.2 Å². The Morgan fingerprint density at radius 1 is 1.24 bits per heavy atom. The number of thiazole rings is 1. The van der Waals surface area contributed by atoms with Gasteiger partial charge in [-0.3, -0.25) is 4.40 Å². The summed E-state index contributed by atoms with van der Waals surface area (Å²) in [5.41, 5.74) is 1.34. The largest absolute Gasteiger partial charge is 0.297 e. The van der Waals surface area contributed by atoms with Crippen molar-refractivity contribution in [3.63, 3.8) is 0 Å². The van der Waals surface area contributed by atoms with Crippen LogP contribution >= 0.6 is 43.2 Å². The molecule has 3 rings (SSSR count). The molecule has 21 heavy (non-hydrogen) atoms. The summed E-state index contributed by atoms with van der Waals surface area (Å²) in [6, 6.07) is 6.97. The minimum Gasteiger partial charge on any atom is -0.297 e. The Balaban J connectivity index is 2.01. The molecule has 0 radical (unpaired) electrons. The zero-order valence-electron chi connectivity index (χ0n) is 11.1. The van der Waals surface area contributed by atoms with E-state index in [1.165, 1.54) is 6.07 Å². The molecule has 2 heterocycles. The van der Waals surface area contributed by atoms with Crippen LogP contribution in [0.2, 0.25) is 0 Å². The molecule has 3 aromatic rings. The normalized spacial score (nSPS) is 12.1. The van der Waals surface area contributed by atoms with Gasteiger partial charge in [-0.2, -0.15) is 0 Å². The highest BCUT2D eigenvalue weighted by Crippen LogP contribution is 2.34. The summed E-state index contributed by atoms with van der Waals surface area (Å²) in [6.45, 7) is 0. The van der Waals surface area contributed by atoms with Gasteiger partial charge in [0.25, 0.3) is 0 Å². The van der Waals surface area contributed by atoms with E-state index in [2.05, 4.69) is 36.8 Å². The van der Waals surface area contributed by atoms with Gasteiger partial charge in [0, 0.05) is 40.3 Å². The summed E-state index contributed by atoms with van der Waals surface area (Å²) >= 11 is 8.74. The van der Waals surface area contributed by atoms with E-state index < -0.39 is 0 Å². The maximum atomic E-state index is 14.2. The molecule has 1 aromatic carbocycles. The van der Waals surface area contributed by atoms with Crippen LogP contribution in [-0.2, 0) is 11.8 Å². The van der Waals surface area contributed by atoms with Gasteiger partial charge < -0.3 is 0 Å². The SMILES string of the molecule is Fc1ccccc1C(CBr)(CBr)Cc1cn2ccsc2n1. The van der Waals surface area contributed by atoms with Crippen LogP contribution in [-0.4, -0.2) is 20.0 Å². The lowest BCUT2D eigenvalue weighted by molar-refractivity contribution is 0.497. The molecule has 2 nitrogen and oxygen atoms in total. The molecule has 0 unspecified atom stereocenters. The molecule has 0 atom stereocenters. The van der Waals surface area contributed by atoms with Crippen molar-refractivity contribution in [2.75, 3.05) is 10.7 Å². The quantitative estimate of drug-likeness (QED) is 0.530. The molecule has 0 N–H and O–H groups in total. The Labute approximate surface area is 143 Å². The minimum atomic E-state index is -0.352. The maximum absolute atomic E-state index is 14.2. The lowest BCUT2D eigenvalue weighted by Gasteiger charge is -2.30. The van der Waals surface area contributed by atoms with Gasteiger partial charge >= 0.3 is 0 Å². The number of benzene rings is 1. The first-order chi connectivity index (χ1) is 10.2. The van der Waals surface area contributed by atoms with Crippen LogP contribution in [0.4, 0.5) is 4.39 Å². The number of fused-ring (bicyclic) bond motifs is 1.